The molecule has 0 aromatic carbocycles. The van der Waals surface area contributed by atoms with Crippen molar-refractivity contribution in [2.75, 3.05) is 13.2 Å². The van der Waals surface area contributed by atoms with Crippen molar-refractivity contribution in [1.29, 1.82) is 0 Å². The van der Waals surface area contributed by atoms with Crippen LogP contribution in [-0.2, 0) is 19.0 Å². The maximum absolute atomic E-state index is 11.4. The van der Waals surface area contributed by atoms with Crippen LogP contribution < -0.4 is 0 Å². The molecular formula is C11H16O5. The molecule has 0 saturated carbocycles. The van der Waals surface area contributed by atoms with Crippen LogP contribution in [0, 0.1) is 0 Å². The third kappa shape index (κ3) is 5.19. The van der Waals surface area contributed by atoms with Gasteiger partial charge in [-0.05, 0) is 13.8 Å². The summed E-state index contributed by atoms with van der Waals surface area (Å²) in [5.41, 5.74) is -1.39. The zero-order chi connectivity index (χ0) is 12.6. The van der Waals surface area contributed by atoms with E-state index in [1.165, 1.54) is 26.0 Å². The summed E-state index contributed by atoms with van der Waals surface area (Å²) < 4.78 is 14.1. The second-order valence-electron chi connectivity index (χ2n) is 3.35. The molecule has 0 N–H and O–H groups in total. The number of carbonyl (C=O) groups is 2. The molecule has 0 aromatic heterocycles. The van der Waals surface area contributed by atoms with Crippen molar-refractivity contribution in [3.63, 3.8) is 0 Å². The van der Waals surface area contributed by atoms with Gasteiger partial charge in [-0.1, -0.05) is 25.3 Å². The Morgan fingerprint density at radius 3 is 2.12 bits per heavy atom. The van der Waals surface area contributed by atoms with Crippen molar-refractivity contribution in [3.8, 4) is 0 Å². The fraction of sp³-hybridized carbons (Fsp3) is 0.455. The molecule has 16 heavy (non-hydrogen) atoms. The van der Waals surface area contributed by atoms with E-state index in [0.717, 1.165) is 0 Å². The minimum atomic E-state index is -1.39. The van der Waals surface area contributed by atoms with Gasteiger partial charge in [0, 0.05) is 0 Å². The molecule has 0 atom stereocenters. The van der Waals surface area contributed by atoms with E-state index >= 15 is 0 Å². The highest BCUT2D eigenvalue weighted by molar-refractivity contribution is 5.81. The lowest BCUT2D eigenvalue weighted by molar-refractivity contribution is -0.162. The Morgan fingerprint density at radius 1 is 1.12 bits per heavy atom. The van der Waals surface area contributed by atoms with Crippen LogP contribution in [0.4, 0.5) is 4.79 Å². The SMILES string of the molecule is C=CCOC(=O)OC(C)(C)C(=O)OCC=C. The molecule has 90 valence electrons. The summed E-state index contributed by atoms with van der Waals surface area (Å²) in [4.78, 5) is 22.5. The van der Waals surface area contributed by atoms with Crippen molar-refractivity contribution in [2.45, 2.75) is 19.4 Å². The van der Waals surface area contributed by atoms with E-state index in [-0.39, 0.29) is 13.2 Å². The number of carbonyl (C=O) groups excluding carboxylic acids is 2. The van der Waals surface area contributed by atoms with Gasteiger partial charge in [0.1, 0.15) is 13.2 Å². The first-order valence-corrected chi connectivity index (χ1v) is 4.69. The number of rotatable bonds is 6. The fourth-order valence-electron chi connectivity index (χ4n) is 0.715. The first kappa shape index (κ1) is 14.2. The molecule has 0 aliphatic rings. The van der Waals surface area contributed by atoms with E-state index in [1.807, 2.05) is 0 Å². The van der Waals surface area contributed by atoms with Gasteiger partial charge in [-0.25, -0.2) is 9.59 Å². The van der Waals surface area contributed by atoms with Gasteiger partial charge in [-0.2, -0.15) is 0 Å². The second kappa shape index (κ2) is 6.66. The van der Waals surface area contributed by atoms with Crippen LogP contribution in [-0.4, -0.2) is 30.9 Å². The molecule has 0 radical (unpaired) electrons. The standard InChI is InChI=1S/C11H16O5/c1-5-7-14-9(12)11(3,4)16-10(13)15-8-6-2/h5-6H,1-2,7-8H2,3-4H3. The smallest absolute Gasteiger partial charge is 0.459 e. The third-order valence-corrected chi connectivity index (χ3v) is 1.48. The van der Waals surface area contributed by atoms with Crippen LogP contribution in [0.1, 0.15) is 13.8 Å². The summed E-state index contributed by atoms with van der Waals surface area (Å²) in [7, 11) is 0. The van der Waals surface area contributed by atoms with E-state index in [4.69, 9.17) is 9.47 Å². The highest BCUT2D eigenvalue weighted by atomic mass is 16.7. The predicted molar refractivity (Wildman–Crippen MR) is 57.9 cm³/mol. The molecule has 0 heterocycles. The highest BCUT2D eigenvalue weighted by Gasteiger charge is 2.34. The Hall–Kier alpha value is -1.78. The van der Waals surface area contributed by atoms with E-state index < -0.39 is 17.7 Å². The van der Waals surface area contributed by atoms with Gasteiger partial charge in [-0.3, -0.25) is 0 Å². The molecule has 0 rings (SSSR count). The quantitative estimate of drug-likeness (QED) is 0.512. The van der Waals surface area contributed by atoms with Gasteiger partial charge >= 0.3 is 12.1 Å². The van der Waals surface area contributed by atoms with Crippen molar-refractivity contribution in [1.82, 2.24) is 0 Å². The molecule has 5 heteroatoms. The summed E-state index contributed by atoms with van der Waals surface area (Å²) in [6, 6.07) is 0. The largest absolute Gasteiger partial charge is 0.509 e. The van der Waals surface area contributed by atoms with Gasteiger partial charge < -0.3 is 14.2 Å². The van der Waals surface area contributed by atoms with Crippen molar-refractivity contribution >= 4 is 12.1 Å². The van der Waals surface area contributed by atoms with Crippen molar-refractivity contribution in [3.05, 3.63) is 25.3 Å². The Kier molecular flexibility index (Phi) is 5.92. The highest BCUT2D eigenvalue weighted by Crippen LogP contribution is 2.12. The van der Waals surface area contributed by atoms with E-state index in [9.17, 15) is 9.59 Å². The molecular weight excluding hydrogens is 212 g/mol. The maximum Gasteiger partial charge on any atom is 0.509 e. The lowest BCUT2D eigenvalue weighted by atomic mass is 10.1. The van der Waals surface area contributed by atoms with Gasteiger partial charge in [0.15, 0.2) is 0 Å². The number of hydrogen-bond acceptors (Lipinski definition) is 5. The zero-order valence-corrected chi connectivity index (χ0v) is 9.52. The van der Waals surface area contributed by atoms with Gasteiger partial charge in [-0.15, -0.1) is 0 Å². The Morgan fingerprint density at radius 2 is 1.62 bits per heavy atom. The van der Waals surface area contributed by atoms with Crippen LogP contribution >= 0.6 is 0 Å². The number of hydrogen-bond donors (Lipinski definition) is 0. The normalized spacial score (nSPS) is 10.1. The monoisotopic (exact) mass is 228 g/mol. The van der Waals surface area contributed by atoms with Gasteiger partial charge in [0.25, 0.3) is 0 Å². The lowest BCUT2D eigenvalue weighted by Gasteiger charge is -2.21. The first-order chi connectivity index (χ1) is 7.44. The summed E-state index contributed by atoms with van der Waals surface area (Å²) in [6.45, 7) is 9.67. The average molecular weight is 228 g/mol. The summed E-state index contributed by atoms with van der Waals surface area (Å²) in [6.07, 6.45) is 1.87. The molecule has 0 spiro atoms. The maximum atomic E-state index is 11.4. The molecule has 0 saturated heterocycles. The molecule has 0 aliphatic carbocycles. The summed E-state index contributed by atoms with van der Waals surface area (Å²) >= 11 is 0. The van der Waals surface area contributed by atoms with Gasteiger partial charge in [0.2, 0.25) is 5.60 Å². The third-order valence-electron chi connectivity index (χ3n) is 1.48. The Balaban J connectivity index is 4.20. The Labute approximate surface area is 94.7 Å². The minimum absolute atomic E-state index is 0.0244. The zero-order valence-electron chi connectivity index (χ0n) is 9.52. The molecule has 0 bridgehead atoms. The average Bonchev–Trinajstić information content (AvgIpc) is 2.22. The van der Waals surface area contributed by atoms with E-state index in [0.29, 0.717) is 0 Å². The van der Waals surface area contributed by atoms with Gasteiger partial charge in [0.05, 0.1) is 0 Å². The topological polar surface area (TPSA) is 61.8 Å². The molecule has 0 aromatic rings. The summed E-state index contributed by atoms with van der Waals surface area (Å²) in [5.74, 6) is -0.664. The van der Waals surface area contributed by atoms with E-state index in [2.05, 4.69) is 17.9 Å². The van der Waals surface area contributed by atoms with Crippen molar-refractivity contribution in [2.24, 2.45) is 0 Å². The fourth-order valence-corrected chi connectivity index (χ4v) is 0.715. The van der Waals surface area contributed by atoms with Crippen molar-refractivity contribution < 1.29 is 23.8 Å². The van der Waals surface area contributed by atoms with Crippen LogP contribution in [0.15, 0.2) is 25.3 Å². The van der Waals surface area contributed by atoms with E-state index in [1.54, 1.807) is 0 Å². The van der Waals surface area contributed by atoms with Crippen LogP contribution in [0.2, 0.25) is 0 Å². The molecule has 5 nitrogen and oxygen atoms in total. The summed E-state index contributed by atoms with van der Waals surface area (Å²) in [5, 5.41) is 0. The van der Waals surface area contributed by atoms with Crippen LogP contribution in [0.3, 0.4) is 0 Å². The van der Waals surface area contributed by atoms with Crippen LogP contribution in [0.25, 0.3) is 0 Å². The lowest BCUT2D eigenvalue weighted by Crippen LogP contribution is -2.39. The number of esters is 1. The predicted octanol–water partition coefficient (Wildman–Crippen LogP) is 1.83. The molecule has 0 amide bonds. The molecule has 0 fully saturated rings. The second-order valence-corrected chi connectivity index (χ2v) is 3.35. The van der Waals surface area contributed by atoms with Crippen LogP contribution in [0.5, 0.6) is 0 Å². The number of ether oxygens (including phenoxy) is 3. The molecule has 0 aliphatic heterocycles. The molecule has 0 unspecified atom stereocenters. The Bertz CT molecular complexity index is 280. The first-order valence-electron chi connectivity index (χ1n) is 4.69. The minimum Gasteiger partial charge on any atom is -0.459 e.